The van der Waals surface area contributed by atoms with Crippen LogP contribution in [0.3, 0.4) is 0 Å². The van der Waals surface area contributed by atoms with Crippen LogP contribution in [0.1, 0.15) is 142 Å². The molecule has 0 aromatic rings. The highest BCUT2D eigenvalue weighted by molar-refractivity contribution is 7.47. The molecule has 10 heteroatoms. The SMILES string of the molecule is CC/C=C\C/C=C\CC(O)/C=C/C=C\C/C=C\CCCC(=O)OC[C@H](COP(=O)(O)OCCN)O/C=C/CCCCCCCC/C=C\CCCCCC. The maximum atomic E-state index is 12.4. The summed E-state index contributed by atoms with van der Waals surface area (Å²) in [5.74, 6) is -0.378. The first-order valence-electron chi connectivity index (χ1n) is 20.2. The number of ether oxygens (including phenoxy) is 2. The van der Waals surface area contributed by atoms with Crippen LogP contribution >= 0.6 is 7.82 Å². The second-order valence-corrected chi connectivity index (χ2v) is 14.5. The maximum Gasteiger partial charge on any atom is 0.472 e. The van der Waals surface area contributed by atoms with Crippen LogP contribution in [0.4, 0.5) is 0 Å². The van der Waals surface area contributed by atoms with Crippen molar-refractivity contribution in [3.63, 3.8) is 0 Å². The monoisotopic (exact) mass is 764 g/mol. The Labute approximate surface area is 322 Å². The van der Waals surface area contributed by atoms with E-state index in [4.69, 9.17) is 24.3 Å². The molecule has 0 aromatic carbocycles. The van der Waals surface area contributed by atoms with Gasteiger partial charge >= 0.3 is 13.8 Å². The van der Waals surface area contributed by atoms with E-state index >= 15 is 0 Å². The molecule has 0 aliphatic heterocycles. The summed E-state index contributed by atoms with van der Waals surface area (Å²) in [6.07, 6.45) is 47.3. The lowest BCUT2D eigenvalue weighted by atomic mass is 10.1. The molecular weight excluding hydrogens is 689 g/mol. The molecule has 0 spiro atoms. The molecule has 0 heterocycles. The number of allylic oxidation sites excluding steroid dienone is 11. The molecule has 0 bridgehead atoms. The van der Waals surface area contributed by atoms with E-state index in [9.17, 15) is 19.4 Å². The molecule has 0 rings (SSSR count). The summed E-state index contributed by atoms with van der Waals surface area (Å²) in [7, 11) is -4.30. The fourth-order valence-electron chi connectivity index (χ4n) is 4.92. The second kappa shape index (κ2) is 39.2. The molecule has 0 aromatic heterocycles. The molecule has 0 aliphatic rings. The predicted molar refractivity (Wildman–Crippen MR) is 220 cm³/mol. The number of aliphatic hydroxyl groups excluding tert-OH is 1. The van der Waals surface area contributed by atoms with E-state index in [-0.39, 0.29) is 38.8 Å². The highest BCUT2D eigenvalue weighted by Crippen LogP contribution is 2.43. The first-order valence-corrected chi connectivity index (χ1v) is 21.7. The normalized spacial score (nSPS) is 15.0. The molecule has 0 saturated carbocycles. The Balaban J connectivity index is 4.31. The van der Waals surface area contributed by atoms with Gasteiger partial charge in [0.05, 0.1) is 25.6 Å². The number of unbranched alkanes of at least 4 members (excludes halogenated alkanes) is 12. The number of phosphoric acid groups is 1. The summed E-state index contributed by atoms with van der Waals surface area (Å²) in [5.41, 5.74) is 5.35. The smallest absolute Gasteiger partial charge is 0.472 e. The summed E-state index contributed by atoms with van der Waals surface area (Å²) in [6, 6.07) is 0. The molecule has 304 valence electrons. The molecule has 0 saturated heterocycles. The Morgan fingerprint density at radius 3 is 2.00 bits per heavy atom. The number of rotatable bonds is 37. The lowest BCUT2D eigenvalue weighted by Gasteiger charge is -2.19. The van der Waals surface area contributed by atoms with Crippen molar-refractivity contribution >= 4 is 13.8 Å². The number of aliphatic hydroxyl groups is 1. The molecule has 2 unspecified atom stereocenters. The van der Waals surface area contributed by atoms with Gasteiger partial charge in [-0.3, -0.25) is 13.8 Å². The van der Waals surface area contributed by atoms with Gasteiger partial charge in [-0.15, -0.1) is 0 Å². The summed E-state index contributed by atoms with van der Waals surface area (Å²) in [6.45, 7) is 3.90. The van der Waals surface area contributed by atoms with Crippen molar-refractivity contribution in [1.82, 2.24) is 0 Å². The predicted octanol–water partition coefficient (Wildman–Crippen LogP) is 11.1. The standard InChI is InChI=1S/C43H74NO8P/c1-3-5-7-9-11-12-13-14-15-16-17-18-21-24-28-32-37-49-42(40-52-53(47,48)51-38-36-44)39-50-43(46)35-31-27-23-20-19-22-26-30-34-41(45)33-29-25-10-8-6-4-2/h6,8,12-13,20,22-23,25-26,29-30,32,34,37,41-42,45H,3-5,7,9-11,14-19,21,24,27-28,31,33,35-36,38-40,44H2,1-2H3,(H,47,48)/b8-6-,13-12-,23-20-,26-22-,29-25-,34-30+,37-32+/t41?,42-/m1/s1. The van der Waals surface area contributed by atoms with Crippen LogP contribution in [0.15, 0.2) is 85.3 Å². The number of hydrogen-bond donors (Lipinski definition) is 3. The van der Waals surface area contributed by atoms with E-state index in [1.54, 1.807) is 12.3 Å². The quantitative estimate of drug-likeness (QED) is 0.0141. The van der Waals surface area contributed by atoms with Crippen LogP contribution in [-0.4, -0.2) is 54.5 Å². The van der Waals surface area contributed by atoms with Gasteiger partial charge in [-0.25, -0.2) is 4.57 Å². The number of hydrogen-bond acceptors (Lipinski definition) is 8. The molecule has 9 nitrogen and oxygen atoms in total. The minimum absolute atomic E-state index is 0.0785. The molecule has 3 atom stereocenters. The van der Waals surface area contributed by atoms with Gasteiger partial charge in [-0.05, 0) is 83.1 Å². The van der Waals surface area contributed by atoms with Gasteiger partial charge in [0.15, 0.2) is 6.10 Å². The first-order chi connectivity index (χ1) is 25.8. The third-order valence-electron chi connectivity index (χ3n) is 7.97. The number of carbonyl (C=O) groups is 1. The molecular formula is C43H74NO8P. The lowest BCUT2D eigenvalue weighted by molar-refractivity contribution is -0.147. The highest BCUT2D eigenvalue weighted by Gasteiger charge is 2.24. The topological polar surface area (TPSA) is 138 Å². The van der Waals surface area contributed by atoms with E-state index in [2.05, 4.69) is 44.2 Å². The van der Waals surface area contributed by atoms with Crippen LogP contribution in [0.25, 0.3) is 0 Å². The second-order valence-electron chi connectivity index (χ2n) is 13.0. The number of nitrogens with two attached hydrogens (primary N) is 1. The van der Waals surface area contributed by atoms with E-state index in [0.29, 0.717) is 12.8 Å². The van der Waals surface area contributed by atoms with Crippen LogP contribution < -0.4 is 5.73 Å². The van der Waals surface area contributed by atoms with E-state index < -0.39 is 20.0 Å². The van der Waals surface area contributed by atoms with Crippen LogP contribution in [0.5, 0.6) is 0 Å². The molecule has 0 fully saturated rings. The zero-order chi connectivity index (χ0) is 38.9. The summed E-state index contributed by atoms with van der Waals surface area (Å²) in [5, 5.41) is 9.99. The van der Waals surface area contributed by atoms with Gasteiger partial charge in [-0.1, -0.05) is 132 Å². The van der Waals surface area contributed by atoms with Crippen molar-refractivity contribution in [3.05, 3.63) is 85.3 Å². The molecule has 0 radical (unpaired) electrons. The Hall–Kier alpha value is -2.52. The largest absolute Gasteiger partial charge is 0.492 e. The minimum Gasteiger partial charge on any atom is -0.492 e. The molecule has 4 N–H and O–H groups in total. The number of phosphoric ester groups is 1. The van der Waals surface area contributed by atoms with Crippen molar-refractivity contribution in [2.75, 3.05) is 26.4 Å². The van der Waals surface area contributed by atoms with Gasteiger partial charge < -0.3 is 25.2 Å². The van der Waals surface area contributed by atoms with Crippen LogP contribution in [-0.2, 0) is 27.9 Å². The van der Waals surface area contributed by atoms with Crippen molar-refractivity contribution in [1.29, 1.82) is 0 Å². The third-order valence-corrected chi connectivity index (χ3v) is 8.95. The lowest BCUT2D eigenvalue weighted by Crippen LogP contribution is -2.25. The Morgan fingerprint density at radius 2 is 1.30 bits per heavy atom. The van der Waals surface area contributed by atoms with E-state index in [1.807, 2.05) is 42.5 Å². The van der Waals surface area contributed by atoms with Crippen molar-refractivity contribution in [2.45, 2.75) is 154 Å². The minimum atomic E-state index is -4.30. The number of carbonyl (C=O) groups excluding carboxylic acids is 1. The van der Waals surface area contributed by atoms with Crippen molar-refractivity contribution < 1.29 is 37.9 Å². The Morgan fingerprint density at radius 1 is 0.698 bits per heavy atom. The van der Waals surface area contributed by atoms with Gasteiger partial charge in [0, 0.05) is 13.0 Å². The Kier molecular flexibility index (Phi) is 37.3. The highest BCUT2D eigenvalue weighted by atomic mass is 31.2. The van der Waals surface area contributed by atoms with E-state index in [1.165, 1.54) is 64.2 Å². The number of esters is 1. The summed E-state index contributed by atoms with van der Waals surface area (Å²) >= 11 is 0. The average molecular weight is 764 g/mol. The summed E-state index contributed by atoms with van der Waals surface area (Å²) in [4.78, 5) is 22.2. The van der Waals surface area contributed by atoms with Gasteiger partial charge in [0.25, 0.3) is 0 Å². The molecule has 53 heavy (non-hydrogen) atoms. The molecule has 0 aliphatic carbocycles. The zero-order valence-corrected chi connectivity index (χ0v) is 34.0. The van der Waals surface area contributed by atoms with E-state index in [0.717, 1.165) is 44.9 Å². The Bertz CT molecular complexity index is 1100. The average Bonchev–Trinajstić information content (AvgIpc) is 3.14. The van der Waals surface area contributed by atoms with Crippen LogP contribution in [0.2, 0.25) is 0 Å². The fourth-order valence-corrected chi connectivity index (χ4v) is 5.68. The van der Waals surface area contributed by atoms with Crippen LogP contribution in [0, 0.1) is 0 Å². The van der Waals surface area contributed by atoms with Gasteiger partial charge in [0.1, 0.15) is 6.61 Å². The summed E-state index contributed by atoms with van der Waals surface area (Å²) < 4.78 is 33.0. The van der Waals surface area contributed by atoms with Crippen molar-refractivity contribution in [2.24, 2.45) is 5.73 Å². The van der Waals surface area contributed by atoms with Gasteiger partial charge in [-0.2, -0.15) is 0 Å². The third kappa shape index (κ3) is 39.0. The zero-order valence-electron chi connectivity index (χ0n) is 33.1. The maximum absolute atomic E-state index is 12.4. The molecule has 0 amide bonds. The van der Waals surface area contributed by atoms with Crippen molar-refractivity contribution in [3.8, 4) is 0 Å². The fraction of sp³-hybridized carbons (Fsp3) is 0.651. The van der Waals surface area contributed by atoms with Gasteiger partial charge in [0.2, 0.25) is 0 Å². The first kappa shape index (κ1) is 50.5.